The first-order valence-electron chi connectivity index (χ1n) is 7.03. The van der Waals surface area contributed by atoms with Crippen molar-refractivity contribution in [3.05, 3.63) is 65.7 Å². The minimum atomic E-state index is 0.416. The molecule has 0 aliphatic carbocycles. The van der Waals surface area contributed by atoms with E-state index < -0.39 is 0 Å². The topological polar surface area (TPSA) is 50.4 Å². The van der Waals surface area contributed by atoms with Gasteiger partial charge in [-0.2, -0.15) is 0 Å². The van der Waals surface area contributed by atoms with Crippen molar-refractivity contribution in [1.29, 1.82) is 0 Å². The van der Waals surface area contributed by atoms with E-state index in [9.17, 15) is 4.79 Å². The summed E-state index contributed by atoms with van der Waals surface area (Å²) in [5.74, 6) is 0.530. The normalized spacial score (nSPS) is 9.82. The monoisotopic (exact) mass is 314 g/mol. The van der Waals surface area contributed by atoms with Crippen molar-refractivity contribution in [1.82, 2.24) is 10.6 Å². The number of carbonyl (C=O) groups is 1. The summed E-state index contributed by atoms with van der Waals surface area (Å²) in [5.41, 5.74) is 2.34. The molecule has 0 bridgehead atoms. The van der Waals surface area contributed by atoms with Crippen molar-refractivity contribution in [2.45, 2.75) is 13.0 Å². The van der Waals surface area contributed by atoms with Crippen LogP contribution >= 0.6 is 12.2 Å². The van der Waals surface area contributed by atoms with Gasteiger partial charge in [-0.25, -0.2) is 0 Å². The largest absolute Gasteiger partial charge is 0.429 e. The number of hydrogen-bond acceptors (Lipinski definition) is 3. The summed E-state index contributed by atoms with van der Waals surface area (Å²) in [6.45, 7) is 1.83. The van der Waals surface area contributed by atoms with Crippen LogP contribution in [0, 0.1) is 0 Å². The fourth-order valence-corrected chi connectivity index (χ4v) is 2.13. The van der Waals surface area contributed by atoms with E-state index in [-0.39, 0.29) is 0 Å². The van der Waals surface area contributed by atoms with Gasteiger partial charge in [-0.05, 0) is 41.9 Å². The Morgan fingerprint density at radius 1 is 1.00 bits per heavy atom. The van der Waals surface area contributed by atoms with Gasteiger partial charge < -0.3 is 15.4 Å². The Morgan fingerprint density at radius 2 is 1.73 bits per heavy atom. The summed E-state index contributed by atoms with van der Waals surface area (Å²) >= 11 is 5.24. The Kier molecular flexibility index (Phi) is 6.39. The van der Waals surface area contributed by atoms with Gasteiger partial charge in [-0.15, -0.1) is 0 Å². The molecule has 4 nitrogen and oxygen atoms in total. The average molecular weight is 314 g/mol. The summed E-state index contributed by atoms with van der Waals surface area (Å²) in [6, 6.07) is 17.5. The Hall–Kier alpha value is -2.40. The molecule has 2 aromatic carbocycles. The van der Waals surface area contributed by atoms with Crippen LogP contribution in [0.3, 0.4) is 0 Å². The van der Waals surface area contributed by atoms with Gasteiger partial charge in [0.2, 0.25) is 0 Å². The lowest BCUT2D eigenvalue weighted by atomic mass is 10.1. The third-order valence-corrected chi connectivity index (χ3v) is 3.39. The van der Waals surface area contributed by atoms with E-state index >= 15 is 0 Å². The van der Waals surface area contributed by atoms with E-state index in [2.05, 4.69) is 22.8 Å². The highest BCUT2D eigenvalue weighted by Crippen LogP contribution is 2.11. The number of ether oxygens (including phenoxy) is 1. The van der Waals surface area contributed by atoms with E-state index in [1.165, 1.54) is 5.56 Å². The minimum absolute atomic E-state index is 0.416. The quantitative estimate of drug-likeness (QED) is 0.607. The van der Waals surface area contributed by atoms with Gasteiger partial charge in [0, 0.05) is 13.1 Å². The van der Waals surface area contributed by atoms with Crippen molar-refractivity contribution >= 4 is 23.8 Å². The fraction of sp³-hybridized carbons (Fsp3) is 0.176. The minimum Gasteiger partial charge on any atom is -0.429 e. The Bertz CT molecular complexity index is 600. The van der Waals surface area contributed by atoms with Crippen LogP contribution in [0.15, 0.2) is 54.6 Å². The molecule has 0 spiro atoms. The third kappa shape index (κ3) is 5.54. The SMILES string of the molecule is O=COc1ccc(CNC(=S)NCCc2ccccc2)cc1. The van der Waals surface area contributed by atoms with Crippen LogP contribution in [-0.4, -0.2) is 18.1 Å². The maximum atomic E-state index is 10.2. The van der Waals surface area contributed by atoms with Crippen LogP contribution in [0.25, 0.3) is 0 Å². The molecule has 0 atom stereocenters. The van der Waals surface area contributed by atoms with Crippen molar-refractivity contribution in [3.8, 4) is 5.75 Å². The summed E-state index contributed by atoms with van der Waals surface area (Å²) in [6.07, 6.45) is 0.931. The maximum Gasteiger partial charge on any atom is 0.298 e. The molecule has 0 aromatic heterocycles. The lowest BCUT2D eigenvalue weighted by Crippen LogP contribution is -2.35. The second-order valence-corrected chi connectivity index (χ2v) is 5.11. The first kappa shape index (κ1) is 16.0. The first-order chi connectivity index (χ1) is 10.8. The van der Waals surface area contributed by atoms with Gasteiger partial charge >= 0.3 is 0 Å². The molecule has 0 radical (unpaired) electrons. The summed E-state index contributed by atoms with van der Waals surface area (Å²) in [4.78, 5) is 10.2. The molecular weight excluding hydrogens is 296 g/mol. The van der Waals surface area contributed by atoms with E-state index in [4.69, 9.17) is 17.0 Å². The Morgan fingerprint density at radius 3 is 2.41 bits per heavy atom. The van der Waals surface area contributed by atoms with Gasteiger partial charge in [0.15, 0.2) is 5.11 Å². The molecule has 0 saturated heterocycles. The number of benzene rings is 2. The second kappa shape index (κ2) is 8.79. The average Bonchev–Trinajstić information content (AvgIpc) is 2.55. The molecule has 0 aliphatic heterocycles. The van der Waals surface area contributed by atoms with Crippen molar-refractivity contribution in [2.24, 2.45) is 0 Å². The third-order valence-electron chi connectivity index (χ3n) is 3.10. The van der Waals surface area contributed by atoms with Gasteiger partial charge in [-0.3, -0.25) is 4.79 Å². The predicted octanol–water partition coefficient (Wildman–Crippen LogP) is 2.43. The van der Waals surface area contributed by atoms with Crippen molar-refractivity contribution in [2.75, 3.05) is 6.54 Å². The zero-order chi connectivity index (χ0) is 15.6. The Labute approximate surface area is 135 Å². The fourth-order valence-electron chi connectivity index (χ4n) is 1.95. The zero-order valence-corrected chi connectivity index (χ0v) is 12.9. The van der Waals surface area contributed by atoms with Crippen LogP contribution in [0.1, 0.15) is 11.1 Å². The highest BCUT2D eigenvalue weighted by Gasteiger charge is 1.98. The highest BCUT2D eigenvalue weighted by atomic mass is 32.1. The summed E-state index contributed by atoms with van der Waals surface area (Å²) in [5, 5.41) is 6.96. The lowest BCUT2D eigenvalue weighted by molar-refractivity contribution is -0.120. The molecular formula is C17H18N2O2S. The molecule has 2 aromatic rings. The van der Waals surface area contributed by atoms with Crippen molar-refractivity contribution < 1.29 is 9.53 Å². The predicted molar refractivity (Wildman–Crippen MR) is 90.7 cm³/mol. The van der Waals surface area contributed by atoms with Gasteiger partial charge in [0.05, 0.1) is 0 Å². The van der Waals surface area contributed by atoms with Crippen LogP contribution < -0.4 is 15.4 Å². The number of rotatable bonds is 7. The number of carbonyl (C=O) groups excluding carboxylic acids is 1. The summed E-state index contributed by atoms with van der Waals surface area (Å²) < 4.78 is 4.74. The van der Waals surface area contributed by atoms with Crippen LogP contribution in [0.4, 0.5) is 0 Å². The van der Waals surface area contributed by atoms with Crippen LogP contribution in [0.5, 0.6) is 5.75 Å². The Balaban J connectivity index is 1.67. The van der Waals surface area contributed by atoms with E-state index in [1.807, 2.05) is 30.3 Å². The zero-order valence-electron chi connectivity index (χ0n) is 12.1. The molecule has 2 rings (SSSR count). The number of nitrogens with one attached hydrogen (secondary N) is 2. The molecule has 114 valence electrons. The molecule has 0 fully saturated rings. The van der Waals surface area contributed by atoms with Crippen LogP contribution in [0.2, 0.25) is 0 Å². The van der Waals surface area contributed by atoms with E-state index in [1.54, 1.807) is 12.1 Å². The molecule has 2 N–H and O–H groups in total. The van der Waals surface area contributed by atoms with Gasteiger partial charge in [-0.1, -0.05) is 42.5 Å². The molecule has 0 amide bonds. The standard InChI is InChI=1S/C17H18N2O2S/c20-13-21-16-8-6-15(7-9-16)12-19-17(22)18-11-10-14-4-2-1-3-5-14/h1-9,13H,10-12H2,(H2,18,19,22). The molecule has 0 heterocycles. The lowest BCUT2D eigenvalue weighted by Gasteiger charge is -2.10. The maximum absolute atomic E-state index is 10.2. The number of thiocarbonyl (C=S) groups is 1. The first-order valence-corrected chi connectivity index (χ1v) is 7.43. The van der Waals surface area contributed by atoms with Gasteiger partial charge in [0.25, 0.3) is 6.47 Å². The highest BCUT2D eigenvalue weighted by molar-refractivity contribution is 7.80. The number of hydrogen-bond donors (Lipinski definition) is 2. The molecule has 22 heavy (non-hydrogen) atoms. The molecule has 5 heteroatoms. The molecule has 0 saturated carbocycles. The van der Waals surface area contributed by atoms with Gasteiger partial charge in [0.1, 0.15) is 5.75 Å². The van der Waals surface area contributed by atoms with E-state index in [0.29, 0.717) is 23.9 Å². The molecule has 0 unspecified atom stereocenters. The summed E-state index contributed by atoms with van der Waals surface area (Å²) in [7, 11) is 0. The smallest absolute Gasteiger partial charge is 0.298 e. The van der Waals surface area contributed by atoms with Crippen LogP contribution in [-0.2, 0) is 17.8 Å². The molecule has 0 aliphatic rings. The second-order valence-electron chi connectivity index (χ2n) is 4.70. The van der Waals surface area contributed by atoms with E-state index in [0.717, 1.165) is 18.5 Å². The van der Waals surface area contributed by atoms with Crippen molar-refractivity contribution in [3.63, 3.8) is 0 Å².